The predicted octanol–water partition coefficient (Wildman–Crippen LogP) is 0.358. The number of hydrogen-bond acceptors (Lipinski definition) is 2. The van der Waals surface area contributed by atoms with E-state index in [0.29, 0.717) is 0 Å². The molecule has 0 aromatic heterocycles. The second kappa shape index (κ2) is 3.34. The quantitative estimate of drug-likeness (QED) is 0.548. The molecule has 0 aliphatic heterocycles. The van der Waals surface area contributed by atoms with Crippen molar-refractivity contribution in [2.75, 3.05) is 6.61 Å². The fraction of sp³-hybridized carbons (Fsp3) is 0.250. The zero-order valence-corrected chi connectivity index (χ0v) is 5.70. The average Bonchev–Trinajstić information content (AvgIpc) is 1.94. The average molecular weight is 137 g/mol. The van der Waals surface area contributed by atoms with Gasteiger partial charge in [0.05, 0.1) is 6.61 Å². The fourth-order valence-corrected chi connectivity index (χ4v) is 0.882. The van der Waals surface area contributed by atoms with Crippen LogP contribution in [0, 0.1) is 0 Å². The van der Waals surface area contributed by atoms with Gasteiger partial charge in [-0.25, -0.2) is 0 Å². The Hall–Kier alpha value is -0.860. The van der Waals surface area contributed by atoms with E-state index in [4.69, 9.17) is 10.8 Å². The van der Waals surface area contributed by atoms with Gasteiger partial charge in [-0.2, -0.15) is 0 Å². The van der Waals surface area contributed by atoms with Crippen LogP contribution in [0.1, 0.15) is 0 Å². The first-order chi connectivity index (χ1) is 4.84. The topological polar surface area (TPSA) is 46.2 Å². The van der Waals surface area contributed by atoms with Crippen LogP contribution in [0.2, 0.25) is 0 Å². The van der Waals surface area contributed by atoms with E-state index >= 15 is 0 Å². The van der Waals surface area contributed by atoms with Gasteiger partial charge in [0, 0.05) is 6.04 Å². The standard InChI is InChI=1S/C8H11NO/c9-8-4-2-1-3-7(8)5-6-10/h1-5,8,10H,6,9H2/b7-5-. The summed E-state index contributed by atoms with van der Waals surface area (Å²) in [6.45, 7) is 0.0568. The third-order valence-electron chi connectivity index (χ3n) is 1.43. The largest absolute Gasteiger partial charge is 0.392 e. The number of rotatable bonds is 1. The normalized spacial score (nSPS) is 27.8. The molecule has 0 aromatic carbocycles. The van der Waals surface area contributed by atoms with Gasteiger partial charge in [-0.05, 0) is 5.57 Å². The Balaban J connectivity index is 2.70. The highest BCUT2D eigenvalue weighted by atomic mass is 16.2. The van der Waals surface area contributed by atoms with Gasteiger partial charge in [-0.15, -0.1) is 0 Å². The molecule has 1 rings (SSSR count). The van der Waals surface area contributed by atoms with Crippen molar-refractivity contribution in [3.8, 4) is 0 Å². The van der Waals surface area contributed by atoms with Gasteiger partial charge < -0.3 is 10.8 Å². The molecule has 0 radical (unpaired) electrons. The van der Waals surface area contributed by atoms with Crippen molar-refractivity contribution in [2.45, 2.75) is 6.04 Å². The molecule has 3 N–H and O–H groups in total. The summed E-state index contributed by atoms with van der Waals surface area (Å²) in [5, 5.41) is 8.55. The smallest absolute Gasteiger partial charge is 0.0618 e. The minimum Gasteiger partial charge on any atom is -0.392 e. The summed E-state index contributed by atoms with van der Waals surface area (Å²) >= 11 is 0. The highest BCUT2D eigenvalue weighted by molar-refractivity contribution is 5.35. The van der Waals surface area contributed by atoms with Crippen LogP contribution in [0.5, 0.6) is 0 Å². The summed E-state index contributed by atoms with van der Waals surface area (Å²) in [6.07, 6.45) is 9.32. The van der Waals surface area contributed by atoms with E-state index in [2.05, 4.69) is 0 Å². The third kappa shape index (κ3) is 1.56. The number of aliphatic hydroxyl groups is 1. The van der Waals surface area contributed by atoms with Crippen LogP contribution < -0.4 is 5.73 Å². The first kappa shape index (κ1) is 7.25. The highest BCUT2D eigenvalue weighted by Gasteiger charge is 2.02. The molecule has 1 unspecified atom stereocenters. The van der Waals surface area contributed by atoms with Crippen LogP contribution in [0.25, 0.3) is 0 Å². The summed E-state index contributed by atoms with van der Waals surface area (Å²) in [5.41, 5.74) is 6.62. The van der Waals surface area contributed by atoms with Gasteiger partial charge in [0.2, 0.25) is 0 Å². The number of allylic oxidation sites excluding steroid dienone is 2. The van der Waals surface area contributed by atoms with Crippen LogP contribution in [0.4, 0.5) is 0 Å². The fourth-order valence-electron chi connectivity index (χ4n) is 0.882. The lowest BCUT2D eigenvalue weighted by Gasteiger charge is -2.10. The van der Waals surface area contributed by atoms with Crippen LogP contribution >= 0.6 is 0 Å². The molecule has 0 saturated heterocycles. The molecule has 2 heteroatoms. The summed E-state index contributed by atoms with van der Waals surface area (Å²) in [4.78, 5) is 0. The minimum absolute atomic E-state index is 0.0443. The summed E-state index contributed by atoms with van der Waals surface area (Å²) in [5.74, 6) is 0. The van der Waals surface area contributed by atoms with E-state index < -0.39 is 0 Å². The van der Waals surface area contributed by atoms with Crippen molar-refractivity contribution < 1.29 is 5.11 Å². The lowest BCUT2D eigenvalue weighted by atomic mass is 10.0. The van der Waals surface area contributed by atoms with E-state index in [1.165, 1.54) is 0 Å². The maximum atomic E-state index is 8.55. The molecular formula is C8H11NO. The monoisotopic (exact) mass is 137 g/mol. The molecule has 0 heterocycles. The van der Waals surface area contributed by atoms with Crippen LogP contribution in [-0.2, 0) is 0 Å². The Morgan fingerprint density at radius 2 is 2.40 bits per heavy atom. The summed E-state index contributed by atoms with van der Waals surface area (Å²) < 4.78 is 0. The maximum absolute atomic E-state index is 8.55. The minimum atomic E-state index is -0.0443. The van der Waals surface area contributed by atoms with Crippen molar-refractivity contribution in [1.29, 1.82) is 0 Å². The zero-order chi connectivity index (χ0) is 7.40. The molecule has 10 heavy (non-hydrogen) atoms. The van der Waals surface area contributed by atoms with Gasteiger partial charge in [0.25, 0.3) is 0 Å². The van der Waals surface area contributed by atoms with Crippen LogP contribution in [0.3, 0.4) is 0 Å². The number of aliphatic hydroxyl groups excluding tert-OH is 1. The Labute approximate surface area is 60.4 Å². The van der Waals surface area contributed by atoms with Crippen molar-refractivity contribution in [1.82, 2.24) is 0 Å². The van der Waals surface area contributed by atoms with Gasteiger partial charge in [-0.1, -0.05) is 30.4 Å². The van der Waals surface area contributed by atoms with Crippen molar-refractivity contribution in [3.05, 3.63) is 36.0 Å². The van der Waals surface area contributed by atoms with Gasteiger partial charge >= 0.3 is 0 Å². The molecule has 0 aromatic rings. The summed E-state index contributed by atoms with van der Waals surface area (Å²) in [7, 11) is 0. The second-order valence-electron chi connectivity index (χ2n) is 2.16. The van der Waals surface area contributed by atoms with Crippen LogP contribution in [0.15, 0.2) is 36.0 Å². The Bertz CT molecular complexity index is 191. The maximum Gasteiger partial charge on any atom is 0.0618 e. The van der Waals surface area contributed by atoms with Crippen molar-refractivity contribution in [3.63, 3.8) is 0 Å². The van der Waals surface area contributed by atoms with E-state index in [0.717, 1.165) is 5.57 Å². The van der Waals surface area contributed by atoms with Crippen molar-refractivity contribution in [2.24, 2.45) is 5.73 Å². The van der Waals surface area contributed by atoms with E-state index in [-0.39, 0.29) is 12.6 Å². The molecule has 0 saturated carbocycles. The second-order valence-corrected chi connectivity index (χ2v) is 2.16. The zero-order valence-electron chi connectivity index (χ0n) is 5.70. The van der Waals surface area contributed by atoms with E-state index in [9.17, 15) is 0 Å². The third-order valence-corrected chi connectivity index (χ3v) is 1.43. The molecule has 0 spiro atoms. The van der Waals surface area contributed by atoms with Crippen molar-refractivity contribution >= 4 is 0 Å². The SMILES string of the molecule is NC1C=CC=C/C1=C/CO. The lowest BCUT2D eigenvalue weighted by molar-refractivity contribution is 0.341. The molecule has 1 aliphatic carbocycles. The highest BCUT2D eigenvalue weighted by Crippen LogP contribution is 2.07. The first-order valence-electron chi connectivity index (χ1n) is 3.26. The van der Waals surface area contributed by atoms with Gasteiger partial charge in [0.1, 0.15) is 0 Å². The molecule has 2 nitrogen and oxygen atoms in total. The van der Waals surface area contributed by atoms with E-state index in [1.54, 1.807) is 6.08 Å². The van der Waals surface area contributed by atoms with Crippen LogP contribution in [-0.4, -0.2) is 17.8 Å². The Kier molecular flexibility index (Phi) is 2.42. The first-order valence-corrected chi connectivity index (χ1v) is 3.26. The molecule has 1 aliphatic rings. The lowest BCUT2D eigenvalue weighted by Crippen LogP contribution is -2.20. The molecule has 0 amide bonds. The van der Waals surface area contributed by atoms with E-state index in [1.807, 2.05) is 24.3 Å². The molecule has 54 valence electrons. The van der Waals surface area contributed by atoms with Gasteiger partial charge in [0.15, 0.2) is 0 Å². The van der Waals surface area contributed by atoms with Gasteiger partial charge in [-0.3, -0.25) is 0 Å². The Morgan fingerprint density at radius 3 is 3.00 bits per heavy atom. The summed E-state index contributed by atoms with van der Waals surface area (Å²) in [6, 6.07) is -0.0443. The molecule has 0 fully saturated rings. The predicted molar refractivity (Wildman–Crippen MR) is 41.4 cm³/mol. The molecular weight excluding hydrogens is 126 g/mol. The number of hydrogen-bond donors (Lipinski definition) is 2. The molecule has 1 atom stereocenters. The number of nitrogens with two attached hydrogens (primary N) is 1. The Morgan fingerprint density at radius 1 is 1.60 bits per heavy atom. The molecule has 0 bridgehead atoms.